The predicted octanol–water partition coefficient (Wildman–Crippen LogP) is 1.27. The lowest BCUT2D eigenvalue weighted by atomic mass is 9.97. The van der Waals surface area contributed by atoms with Gasteiger partial charge in [0.2, 0.25) is 0 Å². The molecule has 80 valence electrons. The first-order valence-electron chi connectivity index (χ1n) is 5.80. The number of anilines is 1. The quantitative estimate of drug-likeness (QED) is 0.745. The molecule has 3 aliphatic heterocycles. The summed E-state index contributed by atoms with van der Waals surface area (Å²) in [6, 6.07) is 4.87. The lowest BCUT2D eigenvalue weighted by molar-refractivity contribution is 0.360. The fourth-order valence-electron chi connectivity index (χ4n) is 2.69. The van der Waals surface area contributed by atoms with Crippen LogP contribution in [0, 0.1) is 5.92 Å². The van der Waals surface area contributed by atoms with Gasteiger partial charge in [0.15, 0.2) is 0 Å². The summed E-state index contributed by atoms with van der Waals surface area (Å²) in [7, 11) is 0. The Hall–Kier alpha value is -1.09. The summed E-state index contributed by atoms with van der Waals surface area (Å²) in [5.74, 6) is 0.823. The molecule has 2 bridgehead atoms. The zero-order valence-electron chi connectivity index (χ0n) is 8.89. The second-order valence-electron chi connectivity index (χ2n) is 4.66. The Kier molecular flexibility index (Phi) is 2.33. The van der Waals surface area contributed by atoms with Crippen molar-refractivity contribution >= 4 is 5.69 Å². The van der Waals surface area contributed by atoms with E-state index in [0.717, 1.165) is 12.5 Å². The highest BCUT2D eigenvalue weighted by molar-refractivity contribution is 5.44. The maximum atomic E-state index is 4.20. The molecular formula is C12H17N3. The summed E-state index contributed by atoms with van der Waals surface area (Å²) in [6.07, 6.45) is 6.54. The number of aromatic nitrogens is 1. The van der Waals surface area contributed by atoms with Crippen LogP contribution in [0.1, 0.15) is 12.8 Å². The van der Waals surface area contributed by atoms with E-state index in [-0.39, 0.29) is 0 Å². The minimum atomic E-state index is 0.684. The first-order chi connectivity index (χ1) is 7.42. The molecule has 0 aliphatic carbocycles. The first-order valence-corrected chi connectivity index (χ1v) is 5.80. The summed E-state index contributed by atoms with van der Waals surface area (Å²) in [4.78, 5) is 6.68. The maximum absolute atomic E-state index is 4.20. The fraction of sp³-hybridized carbons (Fsp3) is 0.583. The number of nitrogens with zero attached hydrogens (tertiary/aromatic N) is 2. The topological polar surface area (TPSA) is 28.2 Å². The van der Waals surface area contributed by atoms with Gasteiger partial charge < -0.3 is 10.2 Å². The van der Waals surface area contributed by atoms with Crippen molar-refractivity contribution in [3.63, 3.8) is 0 Å². The van der Waals surface area contributed by atoms with Gasteiger partial charge in [-0.3, -0.25) is 4.98 Å². The Morgan fingerprint density at radius 1 is 1.33 bits per heavy atom. The van der Waals surface area contributed by atoms with Gasteiger partial charge in [0.25, 0.3) is 0 Å². The average molecular weight is 203 g/mol. The van der Waals surface area contributed by atoms with E-state index in [1.54, 1.807) is 0 Å². The van der Waals surface area contributed by atoms with Crippen LogP contribution in [0.4, 0.5) is 5.69 Å². The van der Waals surface area contributed by atoms with Crippen molar-refractivity contribution in [2.24, 2.45) is 5.92 Å². The standard InChI is InChI=1S/C12H17N3/c1-2-12(7-13-5-1)15-8-10-3-4-11(9-15)14-6-10/h1-2,5,7,10-11,14H,3-4,6,8-9H2. The molecular weight excluding hydrogens is 186 g/mol. The molecule has 3 fully saturated rings. The third-order valence-electron chi connectivity index (χ3n) is 3.55. The Labute approximate surface area is 90.5 Å². The Morgan fingerprint density at radius 3 is 3.07 bits per heavy atom. The molecule has 2 atom stereocenters. The first kappa shape index (κ1) is 9.16. The number of pyridine rings is 1. The molecule has 1 N–H and O–H groups in total. The molecule has 1 aromatic heterocycles. The minimum absolute atomic E-state index is 0.684. The van der Waals surface area contributed by atoms with Gasteiger partial charge in [0, 0.05) is 25.3 Å². The highest BCUT2D eigenvalue weighted by atomic mass is 15.2. The van der Waals surface area contributed by atoms with E-state index in [9.17, 15) is 0 Å². The predicted molar refractivity (Wildman–Crippen MR) is 61.0 cm³/mol. The third kappa shape index (κ3) is 1.84. The molecule has 4 heterocycles. The molecule has 0 aromatic carbocycles. The van der Waals surface area contributed by atoms with E-state index in [0.29, 0.717) is 6.04 Å². The zero-order chi connectivity index (χ0) is 10.1. The Morgan fingerprint density at radius 2 is 2.33 bits per heavy atom. The van der Waals surface area contributed by atoms with Crippen LogP contribution in [0.5, 0.6) is 0 Å². The van der Waals surface area contributed by atoms with E-state index in [2.05, 4.69) is 21.3 Å². The normalized spacial score (nSPS) is 30.3. The summed E-state index contributed by atoms with van der Waals surface area (Å²) < 4.78 is 0. The van der Waals surface area contributed by atoms with Crippen LogP contribution >= 0.6 is 0 Å². The molecule has 2 unspecified atom stereocenters. The summed E-state index contributed by atoms with van der Waals surface area (Å²) in [5, 5.41) is 3.62. The average Bonchev–Trinajstić information content (AvgIpc) is 2.63. The largest absolute Gasteiger partial charge is 0.368 e. The smallest absolute Gasteiger partial charge is 0.0553 e. The number of fused-ring (bicyclic) bond motifs is 4. The highest BCUT2D eigenvalue weighted by Gasteiger charge is 2.28. The van der Waals surface area contributed by atoms with Gasteiger partial charge in [-0.15, -0.1) is 0 Å². The van der Waals surface area contributed by atoms with Crippen LogP contribution in [-0.2, 0) is 0 Å². The van der Waals surface area contributed by atoms with Gasteiger partial charge >= 0.3 is 0 Å². The van der Waals surface area contributed by atoms with Crippen molar-refractivity contribution in [1.82, 2.24) is 10.3 Å². The van der Waals surface area contributed by atoms with Crippen LogP contribution in [0.3, 0.4) is 0 Å². The second kappa shape index (κ2) is 3.81. The summed E-state index contributed by atoms with van der Waals surface area (Å²) >= 11 is 0. The van der Waals surface area contributed by atoms with E-state index in [1.807, 2.05) is 18.5 Å². The van der Waals surface area contributed by atoms with Crippen molar-refractivity contribution in [1.29, 1.82) is 0 Å². The highest BCUT2D eigenvalue weighted by Crippen LogP contribution is 2.25. The number of nitrogens with one attached hydrogen (secondary N) is 1. The molecule has 0 radical (unpaired) electrons. The van der Waals surface area contributed by atoms with Gasteiger partial charge in [-0.25, -0.2) is 0 Å². The van der Waals surface area contributed by atoms with Gasteiger partial charge in [0.1, 0.15) is 0 Å². The van der Waals surface area contributed by atoms with Crippen molar-refractivity contribution in [3.05, 3.63) is 24.5 Å². The van der Waals surface area contributed by atoms with E-state index < -0.39 is 0 Å². The van der Waals surface area contributed by atoms with Gasteiger partial charge in [-0.1, -0.05) is 0 Å². The van der Waals surface area contributed by atoms with Crippen LogP contribution in [0.25, 0.3) is 0 Å². The lowest BCUT2D eigenvalue weighted by Crippen LogP contribution is -2.39. The molecule has 15 heavy (non-hydrogen) atoms. The summed E-state index contributed by atoms with van der Waals surface area (Å²) in [5.41, 5.74) is 1.28. The second-order valence-corrected chi connectivity index (χ2v) is 4.66. The van der Waals surface area contributed by atoms with Gasteiger partial charge in [0.05, 0.1) is 11.9 Å². The summed E-state index contributed by atoms with van der Waals surface area (Å²) in [6.45, 7) is 3.53. The SMILES string of the molecule is c1cncc(N2CC3CCC(C2)NC3)c1. The van der Waals surface area contributed by atoms with E-state index in [4.69, 9.17) is 0 Å². The van der Waals surface area contributed by atoms with Crippen LogP contribution in [0.2, 0.25) is 0 Å². The minimum Gasteiger partial charge on any atom is -0.368 e. The number of hydrogen-bond acceptors (Lipinski definition) is 3. The molecule has 0 spiro atoms. The van der Waals surface area contributed by atoms with Crippen molar-refractivity contribution in [2.75, 3.05) is 24.5 Å². The fourth-order valence-corrected chi connectivity index (χ4v) is 2.69. The van der Waals surface area contributed by atoms with Crippen LogP contribution in [-0.4, -0.2) is 30.7 Å². The van der Waals surface area contributed by atoms with Crippen LogP contribution < -0.4 is 10.2 Å². The maximum Gasteiger partial charge on any atom is 0.0553 e. The van der Waals surface area contributed by atoms with Gasteiger partial charge in [-0.05, 0) is 37.4 Å². The van der Waals surface area contributed by atoms with Crippen molar-refractivity contribution in [2.45, 2.75) is 18.9 Å². The zero-order valence-corrected chi connectivity index (χ0v) is 8.89. The molecule has 0 saturated carbocycles. The van der Waals surface area contributed by atoms with Crippen LogP contribution in [0.15, 0.2) is 24.5 Å². The number of hydrogen-bond donors (Lipinski definition) is 1. The molecule has 3 saturated heterocycles. The molecule has 3 aliphatic rings. The Balaban J connectivity index is 1.82. The number of rotatable bonds is 1. The molecule has 3 heteroatoms. The van der Waals surface area contributed by atoms with Gasteiger partial charge in [-0.2, -0.15) is 0 Å². The van der Waals surface area contributed by atoms with E-state index in [1.165, 1.54) is 31.6 Å². The molecule has 3 nitrogen and oxygen atoms in total. The number of piperidine rings is 1. The monoisotopic (exact) mass is 203 g/mol. The third-order valence-corrected chi connectivity index (χ3v) is 3.55. The molecule has 4 rings (SSSR count). The Bertz CT molecular complexity index is 303. The van der Waals surface area contributed by atoms with E-state index >= 15 is 0 Å². The molecule has 0 amide bonds. The van der Waals surface area contributed by atoms with Crippen molar-refractivity contribution < 1.29 is 0 Å². The molecule has 1 aromatic rings. The van der Waals surface area contributed by atoms with Crippen molar-refractivity contribution in [3.8, 4) is 0 Å². The lowest BCUT2D eigenvalue weighted by Gasteiger charge is -2.24.